The minimum atomic E-state index is -5.06. The molecule has 1 unspecified atom stereocenters. The van der Waals surface area contributed by atoms with E-state index in [4.69, 9.17) is 5.73 Å². The van der Waals surface area contributed by atoms with Crippen LogP contribution in [0.1, 0.15) is 72.9 Å². The first-order valence-corrected chi connectivity index (χ1v) is 14.4. The van der Waals surface area contributed by atoms with Gasteiger partial charge in [-0.25, -0.2) is 4.39 Å². The van der Waals surface area contributed by atoms with Crippen molar-refractivity contribution in [2.24, 2.45) is 17.1 Å². The molecule has 13 heteroatoms. The van der Waals surface area contributed by atoms with Gasteiger partial charge in [0.25, 0.3) is 0 Å². The molecular formula is C31H34F7N3O3. The second-order valence-corrected chi connectivity index (χ2v) is 12.8. The molecule has 0 aromatic heterocycles. The maximum Gasteiger partial charge on any atom is 0.416 e. The zero-order valence-electron chi connectivity index (χ0n) is 24.4. The number of rotatable bonds is 6. The van der Waals surface area contributed by atoms with Gasteiger partial charge in [0.2, 0.25) is 5.91 Å². The number of carbonyl (C=O) groups excluding carboxylic acids is 1. The molecular weight excluding hydrogens is 595 g/mol. The van der Waals surface area contributed by atoms with E-state index in [1.807, 2.05) is 0 Å². The highest BCUT2D eigenvalue weighted by Gasteiger charge is 2.66. The lowest BCUT2D eigenvalue weighted by molar-refractivity contribution is -0.144. The summed E-state index contributed by atoms with van der Waals surface area (Å²) in [5, 5.41) is 9.74. The number of piperidine rings is 2. The molecule has 1 amide bonds. The molecule has 2 aromatic rings. The molecule has 1 saturated carbocycles. The number of carbonyl (C=O) groups is 2. The van der Waals surface area contributed by atoms with Crippen LogP contribution in [0, 0.1) is 24.1 Å². The number of hydrogen-bond donors (Lipinski definition) is 2. The molecule has 6 nitrogen and oxygen atoms in total. The van der Waals surface area contributed by atoms with Gasteiger partial charge in [-0.2, -0.15) is 26.3 Å². The Balaban J connectivity index is 1.46. The highest BCUT2D eigenvalue weighted by atomic mass is 19.4. The third kappa shape index (κ3) is 5.68. The smallest absolute Gasteiger partial charge is 0.416 e. The average molecular weight is 630 g/mol. The molecule has 0 bridgehead atoms. The number of alkyl halides is 6. The third-order valence-electron chi connectivity index (χ3n) is 10.0. The summed E-state index contributed by atoms with van der Waals surface area (Å²) in [5.41, 5.74) is 1.64. The van der Waals surface area contributed by atoms with E-state index in [1.54, 1.807) is 13.0 Å². The Labute approximate surface area is 250 Å². The lowest BCUT2D eigenvalue weighted by Crippen LogP contribution is -2.59. The molecule has 2 saturated heterocycles. The summed E-state index contributed by atoms with van der Waals surface area (Å²) in [7, 11) is 0. The average Bonchev–Trinajstić information content (AvgIpc) is 3.51. The molecule has 0 spiro atoms. The minimum Gasteiger partial charge on any atom is -0.481 e. The molecule has 2 heterocycles. The van der Waals surface area contributed by atoms with Gasteiger partial charge < -0.3 is 15.7 Å². The van der Waals surface area contributed by atoms with Crippen LogP contribution in [0.5, 0.6) is 0 Å². The molecule has 6 atom stereocenters. The monoisotopic (exact) mass is 629 g/mol. The first kappa shape index (κ1) is 32.2. The topological polar surface area (TPSA) is 86.9 Å². The molecule has 5 rings (SSSR count). The van der Waals surface area contributed by atoms with E-state index in [2.05, 4.69) is 4.90 Å². The number of carboxylic acid groups (broad SMARTS) is 1. The SMILES string of the molecule is Cc1cc(F)ccc1[C@H]1C[C@@H](N2C[C@H]3C[C@@]3(C(=O)O)C2)CCN1C(=O)C(C)(N)[C@H](C)c1cc(C(F)(F)F)cc(C(F)(F)F)c1. The Morgan fingerprint density at radius 2 is 1.66 bits per heavy atom. The van der Waals surface area contributed by atoms with E-state index in [1.165, 1.54) is 30.9 Å². The van der Waals surface area contributed by atoms with Crippen LogP contribution in [-0.4, -0.2) is 58.0 Å². The maximum absolute atomic E-state index is 14.2. The van der Waals surface area contributed by atoms with Crippen molar-refractivity contribution in [2.45, 2.75) is 75.9 Å². The lowest BCUT2D eigenvalue weighted by Gasteiger charge is -2.47. The Kier molecular flexibility index (Phi) is 7.84. The molecule has 2 aliphatic heterocycles. The van der Waals surface area contributed by atoms with E-state index in [-0.39, 0.29) is 30.1 Å². The summed E-state index contributed by atoms with van der Waals surface area (Å²) < 4.78 is 95.5. The van der Waals surface area contributed by atoms with E-state index in [0.717, 1.165) is 0 Å². The number of benzene rings is 2. The zero-order chi connectivity index (χ0) is 32.6. The first-order valence-electron chi connectivity index (χ1n) is 14.4. The first-order chi connectivity index (χ1) is 20.3. The quantitative estimate of drug-likeness (QED) is 0.376. The van der Waals surface area contributed by atoms with Crippen molar-refractivity contribution in [3.8, 4) is 0 Å². The van der Waals surface area contributed by atoms with Crippen LogP contribution >= 0.6 is 0 Å². The number of amides is 1. The Bertz CT molecular complexity index is 1440. The molecule has 3 aliphatic rings. The van der Waals surface area contributed by atoms with E-state index >= 15 is 0 Å². The van der Waals surface area contributed by atoms with Crippen molar-refractivity contribution in [1.29, 1.82) is 0 Å². The fourth-order valence-electron chi connectivity index (χ4n) is 7.03. The largest absolute Gasteiger partial charge is 0.481 e. The van der Waals surface area contributed by atoms with E-state index in [9.17, 15) is 45.4 Å². The van der Waals surface area contributed by atoms with Crippen molar-refractivity contribution in [2.75, 3.05) is 19.6 Å². The number of carboxylic acids is 1. The molecule has 1 aliphatic carbocycles. The molecule has 44 heavy (non-hydrogen) atoms. The number of nitrogens with two attached hydrogens (primary N) is 1. The van der Waals surface area contributed by atoms with Crippen LogP contribution in [-0.2, 0) is 21.9 Å². The third-order valence-corrected chi connectivity index (χ3v) is 10.0. The van der Waals surface area contributed by atoms with Crippen LogP contribution in [0.2, 0.25) is 0 Å². The summed E-state index contributed by atoms with van der Waals surface area (Å²) >= 11 is 0. The van der Waals surface area contributed by atoms with Crippen molar-refractivity contribution >= 4 is 11.9 Å². The van der Waals surface area contributed by atoms with E-state index < -0.39 is 64.1 Å². The van der Waals surface area contributed by atoms with Crippen molar-refractivity contribution < 1.29 is 45.4 Å². The summed E-state index contributed by atoms with van der Waals surface area (Å²) in [5.74, 6) is -3.20. The number of nitrogens with zero attached hydrogens (tertiary/aromatic N) is 2. The van der Waals surface area contributed by atoms with Gasteiger partial charge in [-0.3, -0.25) is 14.5 Å². The van der Waals surface area contributed by atoms with Gasteiger partial charge in [-0.15, -0.1) is 0 Å². The van der Waals surface area contributed by atoms with Crippen LogP contribution in [0.25, 0.3) is 0 Å². The predicted molar refractivity (Wildman–Crippen MR) is 146 cm³/mol. The van der Waals surface area contributed by atoms with Gasteiger partial charge in [-0.1, -0.05) is 13.0 Å². The highest BCUT2D eigenvalue weighted by molar-refractivity contribution is 5.87. The fraction of sp³-hybridized carbons (Fsp3) is 0.548. The number of aryl methyl sites for hydroxylation is 1. The van der Waals surface area contributed by atoms with Gasteiger partial charge in [0, 0.05) is 31.6 Å². The van der Waals surface area contributed by atoms with Gasteiger partial charge in [0.15, 0.2) is 0 Å². The summed E-state index contributed by atoms with van der Waals surface area (Å²) in [6.07, 6.45) is -8.68. The normalized spacial score (nSPS) is 27.9. The van der Waals surface area contributed by atoms with Crippen molar-refractivity contribution in [1.82, 2.24) is 9.80 Å². The summed E-state index contributed by atoms with van der Waals surface area (Å²) in [4.78, 5) is 29.7. The van der Waals surface area contributed by atoms with E-state index in [0.29, 0.717) is 55.6 Å². The van der Waals surface area contributed by atoms with Crippen LogP contribution < -0.4 is 5.73 Å². The summed E-state index contributed by atoms with van der Waals surface area (Å²) in [6, 6.07) is 4.59. The Morgan fingerprint density at radius 1 is 1.05 bits per heavy atom. The van der Waals surface area contributed by atoms with Crippen molar-refractivity contribution in [3.05, 3.63) is 70.0 Å². The Morgan fingerprint density at radius 3 is 2.18 bits per heavy atom. The van der Waals surface area contributed by atoms with Crippen LogP contribution in [0.15, 0.2) is 36.4 Å². The zero-order valence-corrected chi connectivity index (χ0v) is 24.4. The number of likely N-dealkylation sites (tertiary alicyclic amines) is 2. The standard InChI is InChI=1S/C31H34F7N3O3/c1-16-8-22(32)4-5-24(16)25-12-23(40-14-21-13-29(21,15-40)27(43)44)6-7-41(25)26(42)28(3,39)17(2)18-9-19(30(33,34)35)11-20(10-18)31(36,37)38/h4-5,8-11,17,21,23,25H,6-7,12-15,39H2,1-3H3,(H,43,44)/t17-,21-,23+,25-,28?,29-/m1/s1. The second kappa shape index (κ2) is 10.7. The number of halogens is 7. The number of hydrogen-bond acceptors (Lipinski definition) is 4. The fourth-order valence-corrected chi connectivity index (χ4v) is 7.03. The van der Waals surface area contributed by atoms with Gasteiger partial charge in [0.05, 0.1) is 28.1 Å². The summed E-state index contributed by atoms with van der Waals surface area (Å²) in [6.45, 7) is 5.42. The Hall–Kier alpha value is -3.19. The molecule has 0 radical (unpaired) electrons. The minimum absolute atomic E-state index is 0.0286. The molecule has 3 fully saturated rings. The van der Waals surface area contributed by atoms with Crippen LogP contribution in [0.4, 0.5) is 30.7 Å². The maximum atomic E-state index is 14.2. The molecule has 240 valence electrons. The molecule has 2 aromatic carbocycles. The van der Waals surface area contributed by atoms with Crippen LogP contribution in [0.3, 0.4) is 0 Å². The predicted octanol–water partition coefficient (Wildman–Crippen LogP) is 6.13. The van der Waals surface area contributed by atoms with Gasteiger partial charge in [0.1, 0.15) is 5.82 Å². The number of aliphatic carboxylic acids is 1. The van der Waals surface area contributed by atoms with Gasteiger partial charge in [-0.05, 0) is 86.1 Å². The van der Waals surface area contributed by atoms with Crippen molar-refractivity contribution in [3.63, 3.8) is 0 Å². The number of fused-ring (bicyclic) bond motifs is 1. The highest BCUT2D eigenvalue weighted by Crippen LogP contribution is 2.59. The van der Waals surface area contributed by atoms with Gasteiger partial charge >= 0.3 is 18.3 Å². The lowest BCUT2D eigenvalue weighted by atomic mass is 9.79. The second-order valence-electron chi connectivity index (χ2n) is 12.8. The molecule has 3 N–H and O–H groups in total.